The topological polar surface area (TPSA) is 21.6 Å². The van der Waals surface area contributed by atoms with Gasteiger partial charge in [0.1, 0.15) is 6.61 Å². The third-order valence-electron chi connectivity index (χ3n) is 3.15. The molecule has 0 N–H and O–H groups in total. The molecule has 0 heterocycles. The highest BCUT2D eigenvalue weighted by Gasteiger charge is 2.25. The van der Waals surface area contributed by atoms with Gasteiger partial charge in [0, 0.05) is 0 Å². The standard InChI is InChI=1S/C16H12F5NO/c1-2-9-4-3-5-10(6-9)7-22-23-8-11-12(17)14(19)16(21)15(20)13(11)18/h3-7H,2,8H2,1H3. The molecule has 0 aliphatic rings. The van der Waals surface area contributed by atoms with Crippen molar-refractivity contribution in [3.8, 4) is 0 Å². The van der Waals surface area contributed by atoms with Crippen molar-refractivity contribution in [2.75, 3.05) is 0 Å². The van der Waals surface area contributed by atoms with Crippen molar-refractivity contribution >= 4 is 6.21 Å². The van der Waals surface area contributed by atoms with Crippen molar-refractivity contribution < 1.29 is 26.8 Å². The Balaban J connectivity index is 2.11. The molecule has 0 saturated heterocycles. The SMILES string of the molecule is CCc1cccc(C=NOCc2c(F)c(F)c(F)c(F)c2F)c1. The molecule has 2 aromatic carbocycles. The van der Waals surface area contributed by atoms with E-state index in [0.29, 0.717) is 5.56 Å². The minimum absolute atomic E-state index is 0.682. The second-order valence-corrected chi connectivity index (χ2v) is 4.65. The van der Waals surface area contributed by atoms with E-state index in [9.17, 15) is 22.0 Å². The lowest BCUT2D eigenvalue weighted by Gasteiger charge is -2.06. The molecular formula is C16H12F5NO. The van der Waals surface area contributed by atoms with E-state index in [1.165, 1.54) is 6.21 Å². The van der Waals surface area contributed by atoms with Crippen LogP contribution < -0.4 is 0 Å². The fourth-order valence-corrected chi connectivity index (χ4v) is 1.87. The van der Waals surface area contributed by atoms with Gasteiger partial charge in [-0.25, -0.2) is 22.0 Å². The molecule has 0 unspecified atom stereocenters. The van der Waals surface area contributed by atoms with Crippen LogP contribution in [0.5, 0.6) is 0 Å². The van der Waals surface area contributed by atoms with Crippen LogP contribution in [0.4, 0.5) is 22.0 Å². The maximum atomic E-state index is 13.4. The van der Waals surface area contributed by atoms with Crippen LogP contribution in [-0.2, 0) is 17.9 Å². The van der Waals surface area contributed by atoms with Crippen LogP contribution in [0.1, 0.15) is 23.6 Å². The number of rotatable bonds is 5. The van der Waals surface area contributed by atoms with Gasteiger partial charge in [0.05, 0.1) is 11.8 Å². The van der Waals surface area contributed by atoms with Crippen LogP contribution in [0.2, 0.25) is 0 Å². The molecule has 0 saturated carbocycles. The van der Waals surface area contributed by atoms with Gasteiger partial charge in [-0.15, -0.1) is 0 Å². The van der Waals surface area contributed by atoms with Gasteiger partial charge in [-0.1, -0.05) is 36.3 Å². The maximum absolute atomic E-state index is 13.4. The van der Waals surface area contributed by atoms with Crippen molar-refractivity contribution in [1.82, 2.24) is 0 Å². The molecule has 23 heavy (non-hydrogen) atoms. The molecule has 0 amide bonds. The Bertz CT molecular complexity index is 716. The Morgan fingerprint density at radius 3 is 2.17 bits per heavy atom. The molecule has 0 radical (unpaired) electrons. The minimum Gasteiger partial charge on any atom is -0.391 e. The zero-order chi connectivity index (χ0) is 17.0. The lowest BCUT2D eigenvalue weighted by Crippen LogP contribution is -2.07. The molecule has 2 aromatic rings. The molecule has 0 fully saturated rings. The first kappa shape index (κ1) is 16.9. The Kier molecular flexibility index (Phi) is 5.31. The summed E-state index contributed by atoms with van der Waals surface area (Å²) in [5.74, 6) is -10.1. The zero-order valence-corrected chi connectivity index (χ0v) is 12.0. The highest BCUT2D eigenvalue weighted by Crippen LogP contribution is 2.23. The lowest BCUT2D eigenvalue weighted by atomic mass is 10.1. The Labute approximate surface area is 129 Å². The molecule has 7 heteroatoms. The summed E-state index contributed by atoms with van der Waals surface area (Å²) in [5.41, 5.74) is 0.663. The normalized spacial score (nSPS) is 11.2. The minimum atomic E-state index is -2.20. The molecule has 2 nitrogen and oxygen atoms in total. The second-order valence-electron chi connectivity index (χ2n) is 4.65. The Hall–Kier alpha value is -2.44. The first-order valence-corrected chi connectivity index (χ1v) is 6.70. The predicted octanol–water partition coefficient (Wildman–Crippen LogP) is 4.50. The summed E-state index contributed by atoms with van der Waals surface area (Å²) in [6, 6.07) is 7.26. The average Bonchev–Trinajstić information content (AvgIpc) is 2.57. The van der Waals surface area contributed by atoms with E-state index < -0.39 is 41.3 Å². The summed E-state index contributed by atoms with van der Waals surface area (Å²) in [7, 11) is 0. The van der Waals surface area contributed by atoms with E-state index in [2.05, 4.69) is 9.99 Å². The predicted molar refractivity (Wildman–Crippen MR) is 74.4 cm³/mol. The van der Waals surface area contributed by atoms with Gasteiger partial charge < -0.3 is 4.84 Å². The van der Waals surface area contributed by atoms with Crippen molar-refractivity contribution in [2.45, 2.75) is 20.0 Å². The summed E-state index contributed by atoms with van der Waals surface area (Å²) in [4.78, 5) is 4.64. The van der Waals surface area contributed by atoms with Crippen molar-refractivity contribution in [2.24, 2.45) is 5.16 Å². The average molecular weight is 329 g/mol. The highest BCUT2D eigenvalue weighted by molar-refractivity contribution is 5.79. The van der Waals surface area contributed by atoms with Crippen LogP contribution in [0.3, 0.4) is 0 Å². The number of hydrogen-bond acceptors (Lipinski definition) is 2. The van der Waals surface area contributed by atoms with Gasteiger partial charge in [0.15, 0.2) is 23.3 Å². The second kappa shape index (κ2) is 7.21. The molecule has 0 aliphatic carbocycles. The number of halogens is 5. The summed E-state index contributed by atoms with van der Waals surface area (Å²) < 4.78 is 65.7. The Morgan fingerprint density at radius 2 is 1.57 bits per heavy atom. The summed E-state index contributed by atoms with van der Waals surface area (Å²) in [6.07, 6.45) is 2.10. The number of hydrogen-bond donors (Lipinski definition) is 0. The third kappa shape index (κ3) is 3.67. The van der Waals surface area contributed by atoms with Crippen LogP contribution in [-0.4, -0.2) is 6.21 Å². The number of oxime groups is 1. The van der Waals surface area contributed by atoms with Gasteiger partial charge in [0.25, 0.3) is 0 Å². The first-order chi connectivity index (χ1) is 11.0. The largest absolute Gasteiger partial charge is 0.391 e. The van der Waals surface area contributed by atoms with E-state index in [1.54, 1.807) is 12.1 Å². The molecule has 0 aliphatic heterocycles. The molecule has 0 aromatic heterocycles. The zero-order valence-electron chi connectivity index (χ0n) is 12.0. The van der Waals surface area contributed by atoms with Crippen molar-refractivity contribution in [3.63, 3.8) is 0 Å². The molecular weight excluding hydrogens is 317 g/mol. The van der Waals surface area contributed by atoms with Crippen LogP contribution in [0.15, 0.2) is 29.4 Å². The van der Waals surface area contributed by atoms with E-state index >= 15 is 0 Å². The van der Waals surface area contributed by atoms with Crippen molar-refractivity contribution in [3.05, 3.63) is 70.0 Å². The molecule has 0 bridgehead atoms. The number of aryl methyl sites for hydroxylation is 1. The maximum Gasteiger partial charge on any atom is 0.200 e. The summed E-state index contributed by atoms with van der Waals surface area (Å²) >= 11 is 0. The lowest BCUT2D eigenvalue weighted by molar-refractivity contribution is 0.124. The van der Waals surface area contributed by atoms with Gasteiger partial charge in [-0.05, 0) is 17.5 Å². The number of nitrogens with zero attached hydrogens (tertiary/aromatic N) is 1. The van der Waals surface area contributed by atoms with E-state index in [4.69, 9.17) is 0 Å². The van der Waals surface area contributed by atoms with E-state index in [1.807, 2.05) is 19.1 Å². The van der Waals surface area contributed by atoms with Crippen molar-refractivity contribution in [1.29, 1.82) is 0 Å². The quantitative estimate of drug-likeness (QED) is 0.260. The highest BCUT2D eigenvalue weighted by atomic mass is 19.2. The summed E-state index contributed by atoms with van der Waals surface area (Å²) in [5, 5.41) is 3.48. The smallest absolute Gasteiger partial charge is 0.200 e. The van der Waals surface area contributed by atoms with Gasteiger partial charge >= 0.3 is 0 Å². The fourth-order valence-electron chi connectivity index (χ4n) is 1.87. The van der Waals surface area contributed by atoms with Crippen LogP contribution in [0, 0.1) is 29.1 Å². The number of benzene rings is 2. The monoisotopic (exact) mass is 329 g/mol. The van der Waals surface area contributed by atoms with Gasteiger partial charge in [0.2, 0.25) is 5.82 Å². The molecule has 122 valence electrons. The molecule has 2 rings (SSSR count). The van der Waals surface area contributed by atoms with Crippen LogP contribution in [0.25, 0.3) is 0 Å². The summed E-state index contributed by atoms with van der Waals surface area (Å²) in [6.45, 7) is 1.09. The first-order valence-electron chi connectivity index (χ1n) is 6.70. The molecule has 0 spiro atoms. The third-order valence-corrected chi connectivity index (χ3v) is 3.15. The van der Waals surface area contributed by atoms with Gasteiger partial charge in [-0.2, -0.15) is 0 Å². The van der Waals surface area contributed by atoms with Gasteiger partial charge in [-0.3, -0.25) is 0 Å². The fraction of sp³-hybridized carbons (Fsp3) is 0.188. The van der Waals surface area contributed by atoms with E-state index in [0.717, 1.165) is 12.0 Å². The van der Waals surface area contributed by atoms with Crippen LogP contribution >= 0.6 is 0 Å². The molecule has 0 atom stereocenters. The Morgan fingerprint density at radius 1 is 0.957 bits per heavy atom. The van der Waals surface area contributed by atoms with E-state index in [-0.39, 0.29) is 0 Å².